The molecule has 0 radical (unpaired) electrons. The van der Waals surface area contributed by atoms with E-state index in [1.807, 2.05) is 35.0 Å². The molecule has 0 spiro atoms. The minimum absolute atomic E-state index is 0.219. The number of fused-ring (bicyclic) bond motifs is 1. The average Bonchev–Trinajstić information content (AvgIpc) is 2.96. The molecule has 3 heterocycles. The van der Waals surface area contributed by atoms with E-state index in [1.54, 1.807) is 0 Å². The number of carbonyl (C=O) groups is 1. The summed E-state index contributed by atoms with van der Waals surface area (Å²) in [6, 6.07) is 5.20. The molecule has 1 amide bonds. The number of pyridine rings is 1. The van der Waals surface area contributed by atoms with Crippen molar-refractivity contribution in [1.82, 2.24) is 19.0 Å². The summed E-state index contributed by atoms with van der Waals surface area (Å²) >= 11 is 0. The molecule has 1 atom stereocenters. The first-order chi connectivity index (χ1) is 11.4. The number of aromatic nitrogens is 2. The van der Waals surface area contributed by atoms with Gasteiger partial charge in [0.25, 0.3) is 0 Å². The number of imidazole rings is 1. The van der Waals surface area contributed by atoms with Crippen molar-refractivity contribution in [3.63, 3.8) is 0 Å². The summed E-state index contributed by atoms with van der Waals surface area (Å²) in [7, 11) is -3.36. The fourth-order valence-electron chi connectivity index (χ4n) is 3.10. The van der Waals surface area contributed by atoms with Crippen LogP contribution in [0.1, 0.15) is 25.0 Å². The van der Waals surface area contributed by atoms with E-state index in [1.165, 1.54) is 4.31 Å². The summed E-state index contributed by atoms with van der Waals surface area (Å²) in [6.07, 6.45) is 7.89. The van der Waals surface area contributed by atoms with E-state index in [2.05, 4.69) is 10.3 Å². The molecule has 8 heteroatoms. The van der Waals surface area contributed by atoms with Crippen LogP contribution in [0.5, 0.6) is 0 Å². The fraction of sp³-hybridized carbons (Fsp3) is 0.500. The van der Waals surface area contributed by atoms with Gasteiger partial charge in [-0.25, -0.2) is 13.4 Å². The smallest absolute Gasteiger partial charge is 0.238 e. The number of amides is 1. The zero-order valence-electron chi connectivity index (χ0n) is 13.7. The topological polar surface area (TPSA) is 83.8 Å². The summed E-state index contributed by atoms with van der Waals surface area (Å²) in [4.78, 5) is 16.9. The van der Waals surface area contributed by atoms with E-state index in [4.69, 9.17) is 0 Å². The van der Waals surface area contributed by atoms with Gasteiger partial charge in [0.2, 0.25) is 15.9 Å². The Morgan fingerprint density at radius 1 is 1.38 bits per heavy atom. The summed E-state index contributed by atoms with van der Waals surface area (Å²) in [5.74, 6) is -0.219. The lowest BCUT2D eigenvalue weighted by Crippen LogP contribution is -2.51. The Morgan fingerprint density at radius 3 is 2.96 bits per heavy atom. The number of rotatable bonds is 5. The van der Waals surface area contributed by atoms with Gasteiger partial charge in [-0.05, 0) is 25.0 Å². The lowest BCUT2D eigenvalue weighted by atomic mass is 10.0. The van der Waals surface area contributed by atoms with Gasteiger partial charge in [-0.15, -0.1) is 0 Å². The van der Waals surface area contributed by atoms with E-state index in [-0.39, 0.29) is 5.91 Å². The predicted octanol–water partition coefficient (Wildman–Crippen LogP) is 0.807. The highest BCUT2D eigenvalue weighted by Gasteiger charge is 2.34. The number of piperidine rings is 1. The van der Waals surface area contributed by atoms with Crippen molar-refractivity contribution in [2.75, 3.05) is 19.3 Å². The molecule has 0 aromatic carbocycles. The van der Waals surface area contributed by atoms with Crippen LogP contribution in [-0.4, -0.2) is 53.4 Å². The van der Waals surface area contributed by atoms with Crippen LogP contribution in [0.2, 0.25) is 0 Å². The molecular formula is C16H22N4O3S. The van der Waals surface area contributed by atoms with E-state index in [9.17, 15) is 13.2 Å². The van der Waals surface area contributed by atoms with Crippen molar-refractivity contribution < 1.29 is 13.2 Å². The van der Waals surface area contributed by atoms with E-state index in [0.717, 1.165) is 30.4 Å². The van der Waals surface area contributed by atoms with E-state index in [0.29, 0.717) is 25.9 Å². The largest absolute Gasteiger partial charge is 0.354 e. The molecule has 1 fully saturated rings. The van der Waals surface area contributed by atoms with Crippen LogP contribution >= 0.6 is 0 Å². The molecule has 1 aliphatic heterocycles. The van der Waals surface area contributed by atoms with Gasteiger partial charge in [-0.2, -0.15) is 4.31 Å². The Morgan fingerprint density at radius 2 is 2.21 bits per heavy atom. The molecule has 2 aromatic rings. The van der Waals surface area contributed by atoms with Crippen molar-refractivity contribution in [2.24, 2.45) is 0 Å². The maximum Gasteiger partial charge on any atom is 0.238 e. The fourth-order valence-corrected chi connectivity index (χ4v) is 4.23. The van der Waals surface area contributed by atoms with Crippen LogP contribution < -0.4 is 5.32 Å². The van der Waals surface area contributed by atoms with Crippen molar-refractivity contribution in [1.29, 1.82) is 0 Å². The van der Waals surface area contributed by atoms with Gasteiger partial charge < -0.3 is 9.72 Å². The summed E-state index contributed by atoms with van der Waals surface area (Å²) in [5, 5.41) is 2.85. The summed E-state index contributed by atoms with van der Waals surface area (Å²) < 4.78 is 26.9. The third kappa shape index (κ3) is 3.76. The lowest BCUT2D eigenvalue weighted by Gasteiger charge is -2.32. The Kier molecular flexibility index (Phi) is 4.86. The minimum atomic E-state index is -3.36. The highest BCUT2D eigenvalue weighted by molar-refractivity contribution is 7.88. The minimum Gasteiger partial charge on any atom is -0.354 e. The first kappa shape index (κ1) is 16.9. The number of sulfonamides is 1. The number of nitrogens with zero attached hydrogens (tertiary/aromatic N) is 3. The molecule has 0 bridgehead atoms. The molecule has 1 saturated heterocycles. The zero-order valence-corrected chi connectivity index (χ0v) is 14.5. The van der Waals surface area contributed by atoms with Gasteiger partial charge in [0.05, 0.1) is 11.9 Å². The molecule has 3 rings (SSSR count). The molecule has 0 aliphatic carbocycles. The third-order valence-corrected chi connectivity index (χ3v) is 5.57. The van der Waals surface area contributed by atoms with Crippen LogP contribution in [0.3, 0.4) is 0 Å². The zero-order chi connectivity index (χ0) is 17.2. The Labute approximate surface area is 141 Å². The van der Waals surface area contributed by atoms with Crippen molar-refractivity contribution in [2.45, 2.75) is 31.7 Å². The molecule has 1 aliphatic rings. The second kappa shape index (κ2) is 6.90. The first-order valence-corrected chi connectivity index (χ1v) is 9.97. The van der Waals surface area contributed by atoms with Crippen molar-refractivity contribution >= 4 is 21.6 Å². The molecule has 2 aromatic heterocycles. The molecule has 7 nitrogen and oxygen atoms in total. The van der Waals surface area contributed by atoms with Gasteiger partial charge in [-0.3, -0.25) is 4.79 Å². The first-order valence-electron chi connectivity index (χ1n) is 8.12. The molecule has 24 heavy (non-hydrogen) atoms. The highest BCUT2D eigenvalue weighted by atomic mass is 32.2. The Hall–Kier alpha value is -1.93. The Bertz CT molecular complexity index is 798. The van der Waals surface area contributed by atoms with E-state index < -0.39 is 16.1 Å². The van der Waals surface area contributed by atoms with Crippen LogP contribution in [0.15, 0.2) is 30.6 Å². The van der Waals surface area contributed by atoms with Gasteiger partial charge in [0, 0.05) is 31.9 Å². The second-order valence-corrected chi connectivity index (χ2v) is 8.06. The summed E-state index contributed by atoms with van der Waals surface area (Å²) in [6.45, 7) is 0.861. The number of carbonyl (C=O) groups excluding carboxylic acids is 1. The van der Waals surface area contributed by atoms with Crippen LogP contribution in [-0.2, 0) is 21.2 Å². The Balaban J connectivity index is 1.58. The molecular weight excluding hydrogens is 328 g/mol. The second-order valence-electron chi connectivity index (χ2n) is 6.12. The van der Waals surface area contributed by atoms with Crippen LogP contribution in [0, 0.1) is 0 Å². The normalized spacial score (nSPS) is 19.5. The van der Waals surface area contributed by atoms with Gasteiger partial charge in [0.1, 0.15) is 11.7 Å². The van der Waals surface area contributed by atoms with Crippen LogP contribution in [0.25, 0.3) is 5.65 Å². The standard InChI is InChI=1S/C16H22N4O3S/c1-24(22,23)20-11-5-2-6-14(20)16(21)17-9-8-13-12-19-10-4-3-7-15(19)18-13/h3-4,7,10,12,14H,2,5-6,8-9,11H2,1H3,(H,17,21). The highest BCUT2D eigenvalue weighted by Crippen LogP contribution is 2.19. The summed E-state index contributed by atoms with van der Waals surface area (Å²) in [5.41, 5.74) is 1.76. The molecule has 130 valence electrons. The van der Waals surface area contributed by atoms with Crippen molar-refractivity contribution in [3.05, 3.63) is 36.3 Å². The molecule has 1 N–H and O–H groups in total. The maximum atomic E-state index is 12.4. The van der Waals surface area contributed by atoms with Crippen molar-refractivity contribution in [3.8, 4) is 0 Å². The molecule has 0 saturated carbocycles. The molecule has 1 unspecified atom stereocenters. The number of hydrogen-bond acceptors (Lipinski definition) is 4. The monoisotopic (exact) mass is 350 g/mol. The maximum absolute atomic E-state index is 12.4. The number of hydrogen-bond donors (Lipinski definition) is 1. The van der Waals surface area contributed by atoms with E-state index >= 15 is 0 Å². The third-order valence-electron chi connectivity index (χ3n) is 4.28. The van der Waals surface area contributed by atoms with Crippen LogP contribution in [0.4, 0.5) is 0 Å². The van der Waals surface area contributed by atoms with Gasteiger partial charge >= 0.3 is 0 Å². The average molecular weight is 350 g/mol. The SMILES string of the molecule is CS(=O)(=O)N1CCCCC1C(=O)NCCc1cn2ccccc2n1. The quantitative estimate of drug-likeness (QED) is 0.865. The lowest BCUT2D eigenvalue weighted by molar-refractivity contribution is -0.125. The van der Waals surface area contributed by atoms with Gasteiger partial charge in [-0.1, -0.05) is 12.5 Å². The predicted molar refractivity (Wildman–Crippen MR) is 91.1 cm³/mol. The number of nitrogens with one attached hydrogen (secondary N) is 1. The van der Waals surface area contributed by atoms with Gasteiger partial charge in [0.15, 0.2) is 0 Å².